The number of nitrogens with one attached hydrogen (secondary N) is 1. The summed E-state index contributed by atoms with van der Waals surface area (Å²) in [4.78, 5) is 25.3. The Kier molecular flexibility index (Phi) is 6.09. The zero-order valence-corrected chi connectivity index (χ0v) is 16.9. The Morgan fingerprint density at radius 2 is 1.85 bits per heavy atom. The number of thioether (sulfide) groups is 1. The van der Waals surface area contributed by atoms with Gasteiger partial charge in [-0.15, -0.1) is 11.8 Å². The Balaban J connectivity index is 1.64. The number of amides is 2. The quantitative estimate of drug-likeness (QED) is 0.772. The molecule has 1 aromatic rings. The fraction of sp³-hybridized carbons (Fsp3) is 0.529. The van der Waals surface area contributed by atoms with Crippen LogP contribution in [0.1, 0.15) is 13.8 Å². The predicted octanol–water partition coefficient (Wildman–Crippen LogP) is 0.956. The van der Waals surface area contributed by atoms with E-state index in [0.29, 0.717) is 30.4 Å². The third kappa shape index (κ3) is 4.81. The van der Waals surface area contributed by atoms with Crippen molar-refractivity contribution in [2.24, 2.45) is 0 Å². The van der Waals surface area contributed by atoms with Gasteiger partial charge in [-0.25, -0.2) is 8.42 Å². The molecule has 1 N–H and O–H groups in total. The van der Waals surface area contributed by atoms with Crippen LogP contribution >= 0.6 is 11.8 Å². The third-order valence-corrected chi connectivity index (χ3v) is 7.11. The molecule has 2 atom stereocenters. The molecule has 0 saturated carbocycles. The highest BCUT2D eigenvalue weighted by atomic mass is 32.2. The van der Waals surface area contributed by atoms with Gasteiger partial charge in [0.1, 0.15) is 6.54 Å². The molecule has 148 valence electrons. The fourth-order valence-electron chi connectivity index (χ4n) is 3.10. The van der Waals surface area contributed by atoms with Gasteiger partial charge in [0.25, 0.3) is 0 Å². The standard InChI is InChI=1S/C17H23N3O5S2/c1-12-7-20(8-13(2)25-12)27(23,24)15-5-3-14(4-6-15)18-16(21)9-19-11-26-10-17(19)22/h3-6,12-13H,7-11H2,1-2H3,(H,18,21)/t12-,13+. The lowest BCUT2D eigenvalue weighted by atomic mass is 10.3. The van der Waals surface area contributed by atoms with Crippen LogP contribution in [-0.2, 0) is 24.3 Å². The number of ether oxygens (including phenoxy) is 1. The lowest BCUT2D eigenvalue weighted by molar-refractivity contribution is -0.130. The number of rotatable bonds is 5. The first-order chi connectivity index (χ1) is 12.8. The van der Waals surface area contributed by atoms with E-state index in [4.69, 9.17) is 4.74 Å². The molecule has 8 nitrogen and oxygen atoms in total. The van der Waals surface area contributed by atoms with E-state index in [0.717, 1.165) is 0 Å². The van der Waals surface area contributed by atoms with E-state index in [1.54, 1.807) is 12.1 Å². The van der Waals surface area contributed by atoms with Gasteiger partial charge in [-0.05, 0) is 38.1 Å². The van der Waals surface area contributed by atoms with Crippen LogP contribution in [0.5, 0.6) is 0 Å². The number of benzene rings is 1. The van der Waals surface area contributed by atoms with Crippen LogP contribution in [-0.4, -0.2) is 72.9 Å². The molecule has 1 aromatic carbocycles. The van der Waals surface area contributed by atoms with E-state index in [-0.39, 0.29) is 35.5 Å². The average molecular weight is 414 g/mol. The van der Waals surface area contributed by atoms with Crippen LogP contribution in [0.2, 0.25) is 0 Å². The first-order valence-corrected chi connectivity index (χ1v) is 11.3. The molecule has 0 unspecified atom stereocenters. The van der Waals surface area contributed by atoms with Crippen LogP contribution in [0, 0.1) is 0 Å². The summed E-state index contributed by atoms with van der Waals surface area (Å²) in [5.74, 6) is 0.557. The highest BCUT2D eigenvalue weighted by molar-refractivity contribution is 8.00. The van der Waals surface area contributed by atoms with Gasteiger partial charge >= 0.3 is 0 Å². The summed E-state index contributed by atoms with van der Waals surface area (Å²) in [5.41, 5.74) is 0.488. The number of nitrogens with zero attached hydrogens (tertiary/aromatic N) is 2. The Morgan fingerprint density at radius 1 is 1.22 bits per heavy atom. The summed E-state index contributed by atoms with van der Waals surface area (Å²) in [6, 6.07) is 6.07. The second-order valence-corrected chi connectivity index (χ2v) is 9.61. The van der Waals surface area contributed by atoms with Gasteiger partial charge in [-0.2, -0.15) is 4.31 Å². The summed E-state index contributed by atoms with van der Waals surface area (Å²) in [6.07, 6.45) is -0.318. The molecule has 2 aliphatic heterocycles. The van der Waals surface area contributed by atoms with Crippen molar-refractivity contribution < 1.29 is 22.7 Å². The number of hydrogen-bond acceptors (Lipinski definition) is 6. The largest absolute Gasteiger partial charge is 0.373 e. The van der Waals surface area contributed by atoms with Crippen LogP contribution in [0.15, 0.2) is 29.2 Å². The maximum atomic E-state index is 12.8. The molecule has 2 saturated heterocycles. The maximum Gasteiger partial charge on any atom is 0.244 e. The second-order valence-electron chi connectivity index (χ2n) is 6.72. The molecular weight excluding hydrogens is 390 g/mol. The van der Waals surface area contributed by atoms with Gasteiger partial charge in [0.15, 0.2) is 0 Å². The molecule has 10 heteroatoms. The van der Waals surface area contributed by atoms with Gasteiger partial charge in [0.05, 0.1) is 28.7 Å². The molecule has 0 bridgehead atoms. The predicted molar refractivity (Wildman–Crippen MR) is 103 cm³/mol. The average Bonchev–Trinajstić information content (AvgIpc) is 2.99. The topological polar surface area (TPSA) is 96.0 Å². The molecule has 27 heavy (non-hydrogen) atoms. The number of carbonyl (C=O) groups excluding carboxylic acids is 2. The van der Waals surface area contributed by atoms with Crippen molar-refractivity contribution in [3.63, 3.8) is 0 Å². The minimum atomic E-state index is -3.61. The Hall–Kier alpha value is -1.62. The summed E-state index contributed by atoms with van der Waals surface area (Å²) in [6.45, 7) is 4.32. The molecular formula is C17H23N3O5S2. The second kappa shape index (κ2) is 8.17. The molecule has 0 aromatic heterocycles. The Labute approximate surface area is 163 Å². The number of carbonyl (C=O) groups is 2. The molecule has 2 aliphatic rings. The minimum absolute atomic E-state index is 0.00453. The zero-order chi connectivity index (χ0) is 19.6. The summed E-state index contributed by atoms with van der Waals surface area (Å²) in [5, 5.41) is 2.69. The van der Waals surface area contributed by atoms with Crippen LogP contribution < -0.4 is 5.32 Å². The van der Waals surface area contributed by atoms with Gasteiger partial charge in [0.2, 0.25) is 21.8 Å². The monoisotopic (exact) mass is 413 g/mol. The smallest absolute Gasteiger partial charge is 0.244 e. The highest BCUT2D eigenvalue weighted by Gasteiger charge is 2.32. The van der Waals surface area contributed by atoms with Crippen molar-refractivity contribution in [2.45, 2.75) is 31.0 Å². The first kappa shape index (κ1) is 20.1. The van der Waals surface area contributed by atoms with Crippen LogP contribution in [0.4, 0.5) is 5.69 Å². The van der Waals surface area contributed by atoms with Crippen molar-refractivity contribution in [3.8, 4) is 0 Å². The molecule has 2 amide bonds. The maximum absolute atomic E-state index is 12.8. The molecule has 0 aliphatic carbocycles. The molecule has 2 fully saturated rings. The molecule has 0 spiro atoms. The Morgan fingerprint density at radius 3 is 2.41 bits per heavy atom. The van der Waals surface area contributed by atoms with E-state index in [1.165, 1.54) is 33.1 Å². The van der Waals surface area contributed by atoms with Gasteiger partial charge in [-0.3, -0.25) is 9.59 Å². The van der Waals surface area contributed by atoms with E-state index >= 15 is 0 Å². The number of hydrogen-bond donors (Lipinski definition) is 1. The molecule has 2 heterocycles. The van der Waals surface area contributed by atoms with Crippen molar-refractivity contribution in [3.05, 3.63) is 24.3 Å². The number of sulfonamides is 1. The van der Waals surface area contributed by atoms with Crippen molar-refractivity contribution >= 4 is 39.3 Å². The third-order valence-electron chi connectivity index (χ3n) is 4.32. The van der Waals surface area contributed by atoms with Crippen LogP contribution in [0.3, 0.4) is 0 Å². The highest BCUT2D eigenvalue weighted by Crippen LogP contribution is 2.22. The minimum Gasteiger partial charge on any atom is -0.373 e. The lowest BCUT2D eigenvalue weighted by Gasteiger charge is -2.34. The molecule has 0 radical (unpaired) electrons. The SMILES string of the molecule is C[C@@H]1CN(S(=O)(=O)c2ccc(NC(=O)CN3CSCC3=O)cc2)C[C@H](C)O1. The van der Waals surface area contributed by atoms with E-state index in [1.807, 2.05) is 13.8 Å². The van der Waals surface area contributed by atoms with Gasteiger partial charge in [-0.1, -0.05) is 0 Å². The van der Waals surface area contributed by atoms with E-state index < -0.39 is 10.0 Å². The summed E-state index contributed by atoms with van der Waals surface area (Å²) < 4.78 is 32.6. The van der Waals surface area contributed by atoms with E-state index in [9.17, 15) is 18.0 Å². The van der Waals surface area contributed by atoms with Crippen molar-refractivity contribution in [1.82, 2.24) is 9.21 Å². The zero-order valence-electron chi connectivity index (χ0n) is 15.3. The number of morpholine rings is 1. The Bertz CT molecular complexity index is 802. The summed E-state index contributed by atoms with van der Waals surface area (Å²) in [7, 11) is -3.61. The van der Waals surface area contributed by atoms with Crippen LogP contribution in [0.25, 0.3) is 0 Å². The van der Waals surface area contributed by atoms with Gasteiger partial charge in [0, 0.05) is 18.8 Å². The van der Waals surface area contributed by atoms with Gasteiger partial charge < -0.3 is 15.0 Å². The van der Waals surface area contributed by atoms with E-state index in [2.05, 4.69) is 5.32 Å². The first-order valence-electron chi connectivity index (χ1n) is 8.67. The normalized spacial score (nSPS) is 24.2. The summed E-state index contributed by atoms with van der Waals surface area (Å²) >= 11 is 1.47. The number of anilines is 1. The van der Waals surface area contributed by atoms with Crippen molar-refractivity contribution in [2.75, 3.05) is 36.6 Å². The van der Waals surface area contributed by atoms with Crippen molar-refractivity contribution in [1.29, 1.82) is 0 Å². The lowest BCUT2D eigenvalue weighted by Crippen LogP contribution is -2.48. The fourth-order valence-corrected chi connectivity index (χ4v) is 5.60. The molecule has 3 rings (SSSR count).